The third-order valence-electron chi connectivity index (χ3n) is 6.15. The largest absolute Gasteiger partial charge is 0.331 e. The van der Waals surface area contributed by atoms with Gasteiger partial charge in [-0.15, -0.1) is 0 Å². The molecule has 0 bridgehead atoms. The zero-order valence-electron chi connectivity index (χ0n) is 17.2. The van der Waals surface area contributed by atoms with Crippen molar-refractivity contribution in [2.24, 2.45) is 0 Å². The summed E-state index contributed by atoms with van der Waals surface area (Å²) >= 11 is 0. The van der Waals surface area contributed by atoms with E-state index in [0.29, 0.717) is 18.5 Å². The molecule has 2 aromatic rings. The Labute approximate surface area is 177 Å². The van der Waals surface area contributed by atoms with Crippen LogP contribution in [0.25, 0.3) is 0 Å². The van der Waals surface area contributed by atoms with Crippen LogP contribution in [0.3, 0.4) is 0 Å². The number of nitrogens with one attached hydrogen (secondary N) is 1. The first-order valence-electron chi connectivity index (χ1n) is 10.9. The van der Waals surface area contributed by atoms with Gasteiger partial charge in [0.25, 0.3) is 0 Å². The number of hydrogen-bond acceptors (Lipinski definition) is 3. The minimum Gasteiger partial charge on any atom is -0.331 e. The van der Waals surface area contributed by atoms with Crippen molar-refractivity contribution in [1.29, 1.82) is 0 Å². The number of ketones is 1. The monoisotopic (exact) mass is 404 g/mol. The van der Waals surface area contributed by atoms with E-state index in [0.717, 1.165) is 24.9 Å². The molecule has 0 saturated carbocycles. The van der Waals surface area contributed by atoms with Gasteiger partial charge in [0.1, 0.15) is 6.04 Å². The van der Waals surface area contributed by atoms with Crippen molar-refractivity contribution < 1.29 is 14.4 Å². The van der Waals surface area contributed by atoms with Gasteiger partial charge in [0.2, 0.25) is 11.8 Å². The third kappa shape index (κ3) is 4.61. The topological polar surface area (TPSA) is 66.5 Å². The molecule has 1 N–H and O–H groups in total. The van der Waals surface area contributed by atoms with E-state index in [1.807, 2.05) is 42.5 Å². The van der Waals surface area contributed by atoms with Crippen LogP contribution >= 0.6 is 0 Å². The van der Waals surface area contributed by atoms with Gasteiger partial charge in [0.15, 0.2) is 5.78 Å². The Bertz CT molecular complexity index is 939. The maximum absolute atomic E-state index is 12.8. The SMILES string of the molecule is O=C(CCC(=O)N1CCC[C@@H]1C(=O)Nc1ccccc1)c1ccc2c(c1)CCCC2. The number of amides is 2. The van der Waals surface area contributed by atoms with Crippen LogP contribution in [0.1, 0.15) is 60.0 Å². The van der Waals surface area contributed by atoms with Crippen molar-refractivity contribution in [1.82, 2.24) is 4.90 Å². The Balaban J connectivity index is 1.33. The lowest BCUT2D eigenvalue weighted by Crippen LogP contribution is -2.43. The summed E-state index contributed by atoms with van der Waals surface area (Å²) in [5, 5.41) is 2.89. The Morgan fingerprint density at radius 2 is 1.67 bits per heavy atom. The molecule has 2 aromatic carbocycles. The first kappa shape index (κ1) is 20.3. The van der Waals surface area contributed by atoms with Gasteiger partial charge in [-0.1, -0.05) is 30.3 Å². The fraction of sp³-hybridized carbons (Fsp3) is 0.400. The molecule has 2 aliphatic rings. The van der Waals surface area contributed by atoms with Crippen LogP contribution in [0.2, 0.25) is 0 Å². The second-order valence-electron chi connectivity index (χ2n) is 8.21. The highest BCUT2D eigenvalue weighted by Crippen LogP contribution is 2.24. The van der Waals surface area contributed by atoms with Crippen LogP contribution in [-0.2, 0) is 22.4 Å². The summed E-state index contributed by atoms with van der Waals surface area (Å²) in [6.45, 7) is 0.568. The summed E-state index contributed by atoms with van der Waals surface area (Å²) in [7, 11) is 0. The molecule has 1 saturated heterocycles. The number of nitrogens with zero attached hydrogens (tertiary/aromatic N) is 1. The van der Waals surface area contributed by atoms with Gasteiger partial charge in [0.05, 0.1) is 0 Å². The lowest BCUT2D eigenvalue weighted by atomic mass is 9.89. The fourth-order valence-electron chi connectivity index (χ4n) is 4.50. The van der Waals surface area contributed by atoms with E-state index in [4.69, 9.17) is 0 Å². The van der Waals surface area contributed by atoms with Crippen LogP contribution in [0.15, 0.2) is 48.5 Å². The predicted molar refractivity (Wildman–Crippen MR) is 116 cm³/mol. The maximum Gasteiger partial charge on any atom is 0.247 e. The number of likely N-dealkylation sites (tertiary alicyclic amines) is 1. The van der Waals surface area contributed by atoms with Gasteiger partial charge >= 0.3 is 0 Å². The first-order valence-corrected chi connectivity index (χ1v) is 10.9. The highest BCUT2D eigenvalue weighted by Gasteiger charge is 2.34. The zero-order chi connectivity index (χ0) is 20.9. The van der Waals surface area contributed by atoms with Gasteiger partial charge in [-0.3, -0.25) is 14.4 Å². The Morgan fingerprint density at radius 3 is 2.47 bits per heavy atom. The zero-order valence-corrected chi connectivity index (χ0v) is 17.2. The molecule has 5 nitrogen and oxygen atoms in total. The van der Waals surface area contributed by atoms with Crippen molar-refractivity contribution in [3.63, 3.8) is 0 Å². The van der Waals surface area contributed by atoms with Crippen LogP contribution in [-0.4, -0.2) is 35.1 Å². The molecule has 30 heavy (non-hydrogen) atoms. The molecule has 156 valence electrons. The molecule has 5 heteroatoms. The summed E-state index contributed by atoms with van der Waals surface area (Å²) in [4.78, 5) is 39.7. The standard InChI is InChI=1S/C25H28N2O3/c28-23(20-13-12-18-7-4-5-8-19(18)17-20)14-15-24(29)27-16-6-11-22(27)25(30)26-21-9-2-1-3-10-21/h1-3,9-10,12-13,17,22H,4-8,11,14-16H2,(H,26,30)/t22-/m1/s1. The second kappa shape index (κ2) is 9.24. The number of carbonyl (C=O) groups is 3. The number of Topliss-reactive ketones (excluding diaryl/α,β-unsaturated/α-hetero) is 1. The van der Waals surface area contributed by atoms with Crippen molar-refractivity contribution in [2.75, 3.05) is 11.9 Å². The van der Waals surface area contributed by atoms with Crippen molar-refractivity contribution in [2.45, 2.75) is 57.4 Å². The van der Waals surface area contributed by atoms with E-state index in [-0.39, 0.29) is 30.4 Å². The second-order valence-corrected chi connectivity index (χ2v) is 8.21. The molecule has 2 amide bonds. The lowest BCUT2D eigenvalue weighted by molar-refractivity contribution is -0.136. The van der Waals surface area contributed by atoms with E-state index in [9.17, 15) is 14.4 Å². The molecule has 0 spiro atoms. The molecule has 1 aliphatic heterocycles. The van der Waals surface area contributed by atoms with Crippen LogP contribution in [0.4, 0.5) is 5.69 Å². The van der Waals surface area contributed by atoms with Gasteiger partial charge in [-0.05, 0) is 67.9 Å². The normalized spacial score (nSPS) is 18.0. The van der Waals surface area contributed by atoms with Crippen LogP contribution < -0.4 is 5.32 Å². The number of aryl methyl sites for hydroxylation is 2. The smallest absolute Gasteiger partial charge is 0.247 e. The van der Waals surface area contributed by atoms with E-state index >= 15 is 0 Å². The molecule has 0 aromatic heterocycles. The summed E-state index contributed by atoms with van der Waals surface area (Å²) < 4.78 is 0. The number of benzene rings is 2. The fourth-order valence-corrected chi connectivity index (χ4v) is 4.50. The van der Waals surface area contributed by atoms with Gasteiger partial charge in [-0.2, -0.15) is 0 Å². The van der Waals surface area contributed by atoms with Crippen molar-refractivity contribution >= 4 is 23.3 Å². The summed E-state index contributed by atoms with van der Waals surface area (Å²) in [5.74, 6) is -0.277. The number of rotatable bonds is 6. The number of carbonyl (C=O) groups excluding carboxylic acids is 3. The molecule has 1 fully saturated rings. The summed E-state index contributed by atoms with van der Waals surface area (Å²) in [6, 6.07) is 14.8. The van der Waals surface area contributed by atoms with Crippen molar-refractivity contribution in [3.05, 3.63) is 65.2 Å². The first-order chi connectivity index (χ1) is 14.6. The minimum atomic E-state index is -0.462. The number of para-hydroxylation sites is 1. The Morgan fingerprint density at radius 1 is 0.900 bits per heavy atom. The van der Waals surface area contributed by atoms with Crippen molar-refractivity contribution in [3.8, 4) is 0 Å². The van der Waals surface area contributed by atoms with Crippen LogP contribution in [0, 0.1) is 0 Å². The summed E-state index contributed by atoms with van der Waals surface area (Å²) in [5.41, 5.74) is 4.04. The molecular weight excluding hydrogens is 376 g/mol. The molecule has 0 unspecified atom stereocenters. The highest BCUT2D eigenvalue weighted by atomic mass is 16.2. The predicted octanol–water partition coefficient (Wildman–Crippen LogP) is 4.16. The Hall–Kier alpha value is -2.95. The van der Waals surface area contributed by atoms with E-state index < -0.39 is 6.04 Å². The third-order valence-corrected chi connectivity index (χ3v) is 6.15. The quantitative estimate of drug-likeness (QED) is 0.735. The average molecular weight is 405 g/mol. The molecular formula is C25H28N2O3. The van der Waals surface area contributed by atoms with E-state index in [1.54, 1.807) is 4.90 Å². The number of fused-ring (bicyclic) bond motifs is 1. The van der Waals surface area contributed by atoms with E-state index in [2.05, 4.69) is 11.4 Å². The number of anilines is 1. The Kier molecular flexibility index (Phi) is 6.26. The van der Waals surface area contributed by atoms with Crippen LogP contribution in [0.5, 0.6) is 0 Å². The van der Waals surface area contributed by atoms with Gasteiger partial charge < -0.3 is 10.2 Å². The molecule has 1 atom stereocenters. The summed E-state index contributed by atoms with van der Waals surface area (Å²) in [6.07, 6.45) is 6.28. The highest BCUT2D eigenvalue weighted by molar-refractivity contribution is 6.00. The molecule has 1 aliphatic carbocycles. The molecule has 1 heterocycles. The lowest BCUT2D eigenvalue weighted by Gasteiger charge is -2.24. The molecule has 4 rings (SSSR count). The van der Waals surface area contributed by atoms with Gasteiger partial charge in [0, 0.05) is 30.6 Å². The number of hydrogen-bond donors (Lipinski definition) is 1. The minimum absolute atomic E-state index is 0.00112. The van der Waals surface area contributed by atoms with E-state index in [1.165, 1.54) is 24.0 Å². The van der Waals surface area contributed by atoms with Gasteiger partial charge in [-0.25, -0.2) is 0 Å². The maximum atomic E-state index is 12.8. The average Bonchev–Trinajstić information content (AvgIpc) is 3.28. The molecule has 0 radical (unpaired) electrons.